The Kier molecular flexibility index (Phi) is 2.92. The Morgan fingerprint density at radius 2 is 1.95 bits per heavy atom. The van der Waals surface area contributed by atoms with E-state index >= 15 is 0 Å². The first kappa shape index (κ1) is 12.6. The molecule has 2 aromatic carbocycles. The van der Waals surface area contributed by atoms with E-state index in [0.29, 0.717) is 10.3 Å². The summed E-state index contributed by atoms with van der Waals surface area (Å²) >= 11 is 5.44. The van der Waals surface area contributed by atoms with Gasteiger partial charge in [-0.2, -0.15) is 5.26 Å². The third-order valence-electron chi connectivity index (χ3n) is 3.42. The standard InChI is InChI=1S/C16H13N3S/c1-10-3-6-14-13(7-10)18-16(20)19(14)15-8-12(9-17)5-4-11(15)2/h3-8H,1-2H3,(H,18,20). The molecule has 0 amide bonds. The Balaban J connectivity index is 2.38. The van der Waals surface area contributed by atoms with Crippen molar-refractivity contribution in [2.75, 3.05) is 0 Å². The van der Waals surface area contributed by atoms with Crippen molar-refractivity contribution in [3.63, 3.8) is 0 Å². The smallest absolute Gasteiger partial charge is 0.182 e. The van der Waals surface area contributed by atoms with E-state index in [0.717, 1.165) is 22.3 Å². The number of nitrogens with one attached hydrogen (secondary N) is 1. The van der Waals surface area contributed by atoms with Gasteiger partial charge in [0, 0.05) is 0 Å². The van der Waals surface area contributed by atoms with Crippen molar-refractivity contribution in [1.29, 1.82) is 5.26 Å². The highest BCUT2D eigenvalue weighted by Crippen LogP contribution is 2.23. The highest BCUT2D eigenvalue weighted by Gasteiger charge is 2.09. The van der Waals surface area contributed by atoms with Crippen molar-refractivity contribution in [1.82, 2.24) is 9.55 Å². The van der Waals surface area contributed by atoms with E-state index in [1.807, 2.05) is 29.7 Å². The quantitative estimate of drug-likeness (QED) is 0.679. The van der Waals surface area contributed by atoms with Gasteiger partial charge in [-0.05, 0) is 61.5 Å². The lowest BCUT2D eigenvalue weighted by molar-refractivity contribution is 1.05. The summed E-state index contributed by atoms with van der Waals surface area (Å²) in [4.78, 5) is 3.23. The molecule has 0 atom stereocenters. The van der Waals surface area contributed by atoms with E-state index in [-0.39, 0.29) is 0 Å². The second kappa shape index (κ2) is 4.62. The normalized spacial score (nSPS) is 10.7. The van der Waals surface area contributed by atoms with E-state index < -0.39 is 0 Å². The largest absolute Gasteiger partial charge is 0.330 e. The van der Waals surface area contributed by atoms with Gasteiger partial charge in [0.2, 0.25) is 0 Å². The zero-order valence-corrected chi connectivity index (χ0v) is 12.1. The van der Waals surface area contributed by atoms with Crippen LogP contribution in [0, 0.1) is 29.9 Å². The average molecular weight is 279 g/mol. The first-order valence-electron chi connectivity index (χ1n) is 6.32. The molecule has 0 spiro atoms. The zero-order chi connectivity index (χ0) is 14.3. The number of hydrogen-bond acceptors (Lipinski definition) is 2. The highest BCUT2D eigenvalue weighted by atomic mass is 32.1. The summed E-state index contributed by atoms with van der Waals surface area (Å²) in [5.74, 6) is 0. The van der Waals surface area contributed by atoms with Crippen molar-refractivity contribution in [3.8, 4) is 11.8 Å². The zero-order valence-electron chi connectivity index (χ0n) is 11.3. The Hall–Kier alpha value is -2.38. The fraction of sp³-hybridized carbons (Fsp3) is 0.125. The third kappa shape index (κ3) is 1.93. The maximum absolute atomic E-state index is 9.08. The molecule has 0 bridgehead atoms. The molecule has 1 N–H and O–H groups in total. The molecule has 20 heavy (non-hydrogen) atoms. The van der Waals surface area contributed by atoms with Crippen LogP contribution in [0.15, 0.2) is 36.4 Å². The van der Waals surface area contributed by atoms with Crippen molar-refractivity contribution >= 4 is 23.3 Å². The molecule has 98 valence electrons. The molecule has 0 radical (unpaired) electrons. The molecule has 0 saturated heterocycles. The molecule has 0 aliphatic carbocycles. The number of aryl methyl sites for hydroxylation is 2. The summed E-state index contributed by atoms with van der Waals surface area (Å²) in [6.45, 7) is 4.07. The monoisotopic (exact) mass is 279 g/mol. The second-order valence-corrected chi connectivity index (χ2v) is 5.29. The molecule has 0 aliphatic rings. The molecule has 3 rings (SSSR count). The van der Waals surface area contributed by atoms with Crippen LogP contribution in [0.3, 0.4) is 0 Å². The lowest BCUT2D eigenvalue weighted by Gasteiger charge is -2.09. The molecule has 3 aromatic rings. The minimum Gasteiger partial charge on any atom is -0.330 e. The maximum Gasteiger partial charge on any atom is 0.182 e. The number of aromatic nitrogens is 2. The third-order valence-corrected chi connectivity index (χ3v) is 3.70. The molecule has 1 aromatic heterocycles. The van der Waals surface area contributed by atoms with Crippen molar-refractivity contribution in [2.45, 2.75) is 13.8 Å². The number of rotatable bonds is 1. The Morgan fingerprint density at radius 1 is 1.15 bits per heavy atom. The first-order chi connectivity index (χ1) is 9.60. The minimum absolute atomic E-state index is 0.633. The predicted octanol–water partition coefficient (Wildman–Crippen LogP) is 4.18. The van der Waals surface area contributed by atoms with Gasteiger partial charge in [-0.25, -0.2) is 0 Å². The fourth-order valence-corrected chi connectivity index (χ4v) is 2.69. The topological polar surface area (TPSA) is 44.5 Å². The van der Waals surface area contributed by atoms with E-state index in [9.17, 15) is 0 Å². The van der Waals surface area contributed by atoms with Crippen molar-refractivity contribution in [3.05, 3.63) is 57.9 Å². The summed E-state index contributed by atoms with van der Waals surface area (Å²) in [5.41, 5.74) is 5.89. The molecule has 4 heteroatoms. The lowest BCUT2D eigenvalue weighted by atomic mass is 10.1. The van der Waals surface area contributed by atoms with Crippen LogP contribution in [0.25, 0.3) is 16.7 Å². The number of fused-ring (bicyclic) bond motifs is 1. The average Bonchev–Trinajstić information content (AvgIpc) is 2.74. The molecule has 3 nitrogen and oxygen atoms in total. The van der Waals surface area contributed by atoms with Crippen LogP contribution in [-0.2, 0) is 0 Å². The number of H-pyrrole nitrogens is 1. The van der Waals surface area contributed by atoms with E-state index in [1.165, 1.54) is 5.56 Å². The molecular weight excluding hydrogens is 266 g/mol. The minimum atomic E-state index is 0.633. The van der Waals surface area contributed by atoms with Gasteiger partial charge >= 0.3 is 0 Å². The van der Waals surface area contributed by atoms with Crippen LogP contribution < -0.4 is 0 Å². The van der Waals surface area contributed by atoms with Gasteiger partial charge in [0.25, 0.3) is 0 Å². The van der Waals surface area contributed by atoms with E-state index in [4.69, 9.17) is 17.5 Å². The van der Waals surface area contributed by atoms with Crippen LogP contribution in [-0.4, -0.2) is 9.55 Å². The fourth-order valence-electron chi connectivity index (χ4n) is 2.38. The highest BCUT2D eigenvalue weighted by molar-refractivity contribution is 7.71. The summed E-state index contributed by atoms with van der Waals surface area (Å²) in [6.07, 6.45) is 0. The number of nitriles is 1. The molecule has 1 heterocycles. The molecule has 0 aliphatic heterocycles. The van der Waals surface area contributed by atoms with Gasteiger partial charge in [-0.15, -0.1) is 0 Å². The predicted molar refractivity (Wildman–Crippen MR) is 82.6 cm³/mol. The Labute approximate surface area is 122 Å². The second-order valence-electron chi connectivity index (χ2n) is 4.90. The van der Waals surface area contributed by atoms with Crippen LogP contribution in [0.2, 0.25) is 0 Å². The van der Waals surface area contributed by atoms with E-state index in [1.54, 1.807) is 0 Å². The lowest BCUT2D eigenvalue weighted by Crippen LogP contribution is -1.98. The SMILES string of the molecule is Cc1ccc2c(c1)[nH]c(=S)n2-c1cc(C#N)ccc1C. The van der Waals surface area contributed by atoms with Gasteiger partial charge in [0.05, 0.1) is 28.4 Å². The molecule has 0 saturated carbocycles. The molecule has 0 fully saturated rings. The van der Waals surface area contributed by atoms with Crippen LogP contribution in [0.1, 0.15) is 16.7 Å². The van der Waals surface area contributed by atoms with Crippen molar-refractivity contribution in [2.24, 2.45) is 0 Å². The van der Waals surface area contributed by atoms with Gasteiger partial charge < -0.3 is 4.98 Å². The number of benzene rings is 2. The van der Waals surface area contributed by atoms with Gasteiger partial charge in [-0.1, -0.05) is 12.1 Å². The van der Waals surface area contributed by atoms with Gasteiger partial charge in [-0.3, -0.25) is 4.57 Å². The van der Waals surface area contributed by atoms with Crippen LogP contribution in [0.5, 0.6) is 0 Å². The Bertz CT molecular complexity index is 910. The number of hydrogen-bond donors (Lipinski definition) is 1. The van der Waals surface area contributed by atoms with Crippen molar-refractivity contribution < 1.29 is 0 Å². The number of aromatic amines is 1. The summed E-state index contributed by atoms with van der Waals surface area (Å²) in [6, 6.07) is 14.0. The van der Waals surface area contributed by atoms with E-state index in [2.05, 4.69) is 36.2 Å². The summed E-state index contributed by atoms with van der Waals surface area (Å²) < 4.78 is 2.63. The van der Waals surface area contributed by atoms with Gasteiger partial charge in [0.15, 0.2) is 4.77 Å². The summed E-state index contributed by atoms with van der Waals surface area (Å²) in [5, 5.41) is 9.08. The maximum atomic E-state index is 9.08. The summed E-state index contributed by atoms with van der Waals surface area (Å²) in [7, 11) is 0. The number of imidazole rings is 1. The number of nitrogens with zero attached hydrogens (tertiary/aromatic N) is 2. The van der Waals surface area contributed by atoms with Crippen LogP contribution in [0.4, 0.5) is 0 Å². The van der Waals surface area contributed by atoms with Gasteiger partial charge in [0.1, 0.15) is 0 Å². The first-order valence-corrected chi connectivity index (χ1v) is 6.73. The molecule has 0 unspecified atom stereocenters. The van der Waals surface area contributed by atoms with Crippen LogP contribution >= 0.6 is 12.2 Å². The molecular formula is C16H13N3S. The Morgan fingerprint density at radius 3 is 2.70 bits per heavy atom.